The molecule has 2 unspecified atom stereocenters. The lowest BCUT2D eigenvalue weighted by Crippen LogP contribution is -2.62. The molecule has 17 heavy (non-hydrogen) atoms. The quantitative estimate of drug-likeness (QED) is 0.687. The van der Waals surface area contributed by atoms with Crippen LogP contribution >= 0.6 is 0 Å². The van der Waals surface area contributed by atoms with Gasteiger partial charge in [-0.25, -0.2) is 0 Å². The lowest BCUT2D eigenvalue weighted by atomic mass is 10.00. The van der Waals surface area contributed by atoms with Crippen LogP contribution in [0, 0.1) is 0 Å². The second kappa shape index (κ2) is 4.43. The van der Waals surface area contributed by atoms with Crippen molar-refractivity contribution in [2.45, 2.75) is 12.1 Å². The highest BCUT2D eigenvalue weighted by molar-refractivity contribution is 5.79. The van der Waals surface area contributed by atoms with Crippen LogP contribution < -0.4 is 10.6 Å². The average Bonchev–Trinajstić information content (AvgIpc) is 2.39. The molecule has 2 saturated heterocycles. The van der Waals surface area contributed by atoms with Crippen molar-refractivity contribution >= 4 is 5.91 Å². The Balaban J connectivity index is 1.86. The standard InChI is InChI=1S/C12H16N4O/c17-12-8-16-10(6-15-12)5-14-7-11(16)9-2-1-3-13-4-9/h1-4,10-11,14H,5-8H2,(H,15,17). The van der Waals surface area contributed by atoms with E-state index in [1.165, 1.54) is 5.56 Å². The van der Waals surface area contributed by atoms with Gasteiger partial charge in [-0.3, -0.25) is 14.7 Å². The molecule has 1 aromatic heterocycles. The van der Waals surface area contributed by atoms with Gasteiger partial charge in [0.2, 0.25) is 5.91 Å². The molecular weight excluding hydrogens is 216 g/mol. The molecule has 1 amide bonds. The highest BCUT2D eigenvalue weighted by Gasteiger charge is 2.35. The number of piperazine rings is 2. The Morgan fingerprint density at radius 3 is 3.12 bits per heavy atom. The number of pyridine rings is 1. The Morgan fingerprint density at radius 2 is 2.29 bits per heavy atom. The molecule has 0 radical (unpaired) electrons. The summed E-state index contributed by atoms with van der Waals surface area (Å²) in [7, 11) is 0. The maximum Gasteiger partial charge on any atom is 0.234 e. The Kier molecular flexibility index (Phi) is 2.78. The monoisotopic (exact) mass is 232 g/mol. The SMILES string of the molecule is O=C1CN2C(CNCC2c2cccnc2)CN1. The molecule has 1 aromatic rings. The smallest absolute Gasteiger partial charge is 0.234 e. The van der Waals surface area contributed by atoms with E-state index < -0.39 is 0 Å². The third kappa shape index (κ3) is 2.03. The first kappa shape index (κ1) is 10.7. The Labute approximate surface area is 100 Å². The number of carbonyl (C=O) groups is 1. The van der Waals surface area contributed by atoms with Gasteiger partial charge >= 0.3 is 0 Å². The van der Waals surface area contributed by atoms with Crippen molar-refractivity contribution in [3.8, 4) is 0 Å². The zero-order valence-corrected chi connectivity index (χ0v) is 9.60. The molecule has 2 atom stereocenters. The van der Waals surface area contributed by atoms with Crippen molar-refractivity contribution in [1.29, 1.82) is 0 Å². The number of hydrogen-bond acceptors (Lipinski definition) is 4. The van der Waals surface area contributed by atoms with Crippen molar-refractivity contribution in [3.63, 3.8) is 0 Å². The first-order valence-electron chi connectivity index (χ1n) is 5.97. The fraction of sp³-hybridized carbons (Fsp3) is 0.500. The van der Waals surface area contributed by atoms with E-state index in [2.05, 4.69) is 26.6 Å². The van der Waals surface area contributed by atoms with Crippen LogP contribution in [-0.4, -0.2) is 48.0 Å². The van der Waals surface area contributed by atoms with Gasteiger partial charge in [0.25, 0.3) is 0 Å². The van der Waals surface area contributed by atoms with Crippen LogP contribution in [0.15, 0.2) is 24.5 Å². The first-order valence-corrected chi connectivity index (χ1v) is 5.97. The Hall–Kier alpha value is -1.46. The van der Waals surface area contributed by atoms with Gasteiger partial charge in [0.15, 0.2) is 0 Å². The van der Waals surface area contributed by atoms with Crippen molar-refractivity contribution in [2.24, 2.45) is 0 Å². The van der Waals surface area contributed by atoms with Crippen LogP contribution in [0.4, 0.5) is 0 Å². The summed E-state index contributed by atoms with van der Waals surface area (Å²) < 4.78 is 0. The molecule has 3 heterocycles. The summed E-state index contributed by atoms with van der Waals surface area (Å²) in [5.74, 6) is 0.122. The number of nitrogens with one attached hydrogen (secondary N) is 2. The van der Waals surface area contributed by atoms with E-state index >= 15 is 0 Å². The molecular formula is C12H16N4O. The van der Waals surface area contributed by atoms with E-state index in [9.17, 15) is 4.79 Å². The predicted molar refractivity (Wildman–Crippen MR) is 63.4 cm³/mol. The highest BCUT2D eigenvalue weighted by atomic mass is 16.2. The zero-order valence-electron chi connectivity index (χ0n) is 9.60. The van der Waals surface area contributed by atoms with Crippen molar-refractivity contribution in [3.05, 3.63) is 30.1 Å². The van der Waals surface area contributed by atoms with E-state index in [-0.39, 0.29) is 11.9 Å². The number of fused-ring (bicyclic) bond motifs is 1. The largest absolute Gasteiger partial charge is 0.353 e. The average molecular weight is 232 g/mol. The number of hydrogen-bond donors (Lipinski definition) is 2. The molecule has 5 nitrogen and oxygen atoms in total. The van der Waals surface area contributed by atoms with Crippen molar-refractivity contribution in [2.75, 3.05) is 26.2 Å². The summed E-state index contributed by atoms with van der Waals surface area (Å²) in [5.41, 5.74) is 1.18. The number of nitrogens with zero attached hydrogens (tertiary/aromatic N) is 2. The summed E-state index contributed by atoms with van der Waals surface area (Å²) in [6.45, 7) is 3.06. The first-order chi connectivity index (χ1) is 8.34. The summed E-state index contributed by atoms with van der Waals surface area (Å²) in [6.07, 6.45) is 3.67. The van der Waals surface area contributed by atoms with Gasteiger partial charge in [0.05, 0.1) is 6.54 Å². The van der Waals surface area contributed by atoms with Gasteiger partial charge in [-0.1, -0.05) is 6.07 Å². The summed E-state index contributed by atoms with van der Waals surface area (Å²) in [5, 5.41) is 6.34. The number of carbonyl (C=O) groups excluding carboxylic acids is 1. The van der Waals surface area contributed by atoms with Crippen molar-refractivity contribution in [1.82, 2.24) is 20.5 Å². The molecule has 0 saturated carbocycles. The molecule has 2 aliphatic heterocycles. The lowest BCUT2D eigenvalue weighted by Gasteiger charge is -2.44. The van der Waals surface area contributed by atoms with Crippen LogP contribution in [0.5, 0.6) is 0 Å². The van der Waals surface area contributed by atoms with Gasteiger partial charge in [-0.15, -0.1) is 0 Å². The fourth-order valence-electron chi connectivity index (χ4n) is 2.64. The van der Waals surface area contributed by atoms with E-state index in [0.29, 0.717) is 12.6 Å². The summed E-state index contributed by atoms with van der Waals surface area (Å²) >= 11 is 0. The predicted octanol–water partition coefficient (Wildman–Crippen LogP) is -0.474. The summed E-state index contributed by atoms with van der Waals surface area (Å²) in [6, 6.07) is 4.68. The molecule has 90 valence electrons. The third-order valence-corrected chi connectivity index (χ3v) is 3.52. The van der Waals surface area contributed by atoms with Gasteiger partial charge in [0.1, 0.15) is 0 Å². The molecule has 2 N–H and O–H groups in total. The minimum atomic E-state index is 0.122. The minimum absolute atomic E-state index is 0.122. The number of rotatable bonds is 1. The third-order valence-electron chi connectivity index (χ3n) is 3.52. The lowest BCUT2D eigenvalue weighted by molar-refractivity contribution is -0.127. The highest BCUT2D eigenvalue weighted by Crippen LogP contribution is 2.25. The number of amides is 1. The molecule has 3 rings (SSSR count). The molecule has 2 aliphatic rings. The van der Waals surface area contributed by atoms with Crippen LogP contribution in [0.25, 0.3) is 0 Å². The van der Waals surface area contributed by atoms with Crippen LogP contribution in [-0.2, 0) is 4.79 Å². The second-order valence-electron chi connectivity index (χ2n) is 4.59. The maximum atomic E-state index is 11.5. The van der Waals surface area contributed by atoms with E-state index in [1.807, 2.05) is 12.3 Å². The van der Waals surface area contributed by atoms with Crippen LogP contribution in [0.3, 0.4) is 0 Å². The molecule has 2 fully saturated rings. The number of aromatic nitrogens is 1. The normalized spacial score (nSPS) is 29.5. The Bertz CT molecular complexity index is 408. The Morgan fingerprint density at radius 1 is 1.35 bits per heavy atom. The molecule has 0 aliphatic carbocycles. The minimum Gasteiger partial charge on any atom is -0.353 e. The van der Waals surface area contributed by atoms with Crippen LogP contribution in [0.2, 0.25) is 0 Å². The van der Waals surface area contributed by atoms with Crippen molar-refractivity contribution < 1.29 is 4.79 Å². The zero-order chi connectivity index (χ0) is 11.7. The molecule has 0 aromatic carbocycles. The van der Waals surface area contributed by atoms with E-state index in [1.54, 1.807) is 6.20 Å². The van der Waals surface area contributed by atoms with E-state index in [0.717, 1.165) is 19.6 Å². The maximum absolute atomic E-state index is 11.5. The fourth-order valence-corrected chi connectivity index (χ4v) is 2.64. The molecule has 0 spiro atoms. The van der Waals surface area contributed by atoms with Gasteiger partial charge in [-0.2, -0.15) is 0 Å². The summed E-state index contributed by atoms with van der Waals surface area (Å²) in [4.78, 5) is 18.0. The topological polar surface area (TPSA) is 57.3 Å². The van der Waals surface area contributed by atoms with Gasteiger partial charge < -0.3 is 10.6 Å². The van der Waals surface area contributed by atoms with Gasteiger partial charge in [0, 0.05) is 44.1 Å². The molecule has 5 heteroatoms. The molecule has 0 bridgehead atoms. The van der Waals surface area contributed by atoms with Gasteiger partial charge in [-0.05, 0) is 11.6 Å². The second-order valence-corrected chi connectivity index (χ2v) is 4.59. The van der Waals surface area contributed by atoms with Crippen LogP contribution in [0.1, 0.15) is 11.6 Å². The van der Waals surface area contributed by atoms with E-state index in [4.69, 9.17) is 0 Å².